The smallest absolute Gasteiger partial charge is 0.274 e. The fourth-order valence-electron chi connectivity index (χ4n) is 4.64. The molecule has 0 N–H and O–H groups in total. The van der Waals surface area contributed by atoms with Crippen LogP contribution in [-0.4, -0.2) is 51.1 Å². The number of imidazole rings is 1. The second-order valence-electron chi connectivity index (χ2n) is 8.79. The minimum absolute atomic E-state index is 0.0630. The van der Waals surface area contributed by atoms with Crippen LogP contribution in [0.25, 0.3) is 33.0 Å². The Kier molecular flexibility index (Phi) is 5.00. The number of hydrogen-bond donors (Lipinski definition) is 0. The Hall–Kier alpha value is -3.49. The molecule has 1 saturated heterocycles. The molecule has 4 heterocycles. The van der Waals surface area contributed by atoms with Crippen molar-refractivity contribution in [1.82, 2.24) is 18.9 Å². The van der Waals surface area contributed by atoms with Gasteiger partial charge in [0, 0.05) is 35.8 Å². The van der Waals surface area contributed by atoms with Crippen molar-refractivity contribution in [2.24, 2.45) is 0 Å². The Balaban J connectivity index is 1.45. The van der Waals surface area contributed by atoms with E-state index in [0.717, 1.165) is 38.6 Å². The van der Waals surface area contributed by atoms with Crippen molar-refractivity contribution >= 4 is 50.2 Å². The van der Waals surface area contributed by atoms with Gasteiger partial charge in [0.1, 0.15) is 6.54 Å². The van der Waals surface area contributed by atoms with Crippen molar-refractivity contribution in [1.29, 1.82) is 0 Å². The van der Waals surface area contributed by atoms with Crippen molar-refractivity contribution in [2.45, 2.75) is 20.4 Å². The van der Waals surface area contributed by atoms with Crippen LogP contribution in [0.15, 0.2) is 47.4 Å². The van der Waals surface area contributed by atoms with Crippen molar-refractivity contribution in [3.05, 3.63) is 74.2 Å². The number of thiazole rings is 1. The molecule has 0 bridgehead atoms. The van der Waals surface area contributed by atoms with Gasteiger partial charge in [0.15, 0.2) is 4.96 Å². The zero-order valence-electron chi connectivity index (χ0n) is 19.1. The third-order valence-electron chi connectivity index (χ3n) is 6.63. The quantitative estimate of drug-likeness (QED) is 0.405. The van der Waals surface area contributed by atoms with Crippen LogP contribution >= 0.6 is 11.3 Å². The molecule has 8 heteroatoms. The monoisotopic (exact) mass is 472 g/mol. The molecule has 2 aromatic carbocycles. The van der Waals surface area contributed by atoms with E-state index in [-0.39, 0.29) is 18.0 Å². The molecule has 0 aliphatic carbocycles. The van der Waals surface area contributed by atoms with E-state index in [1.54, 1.807) is 4.40 Å². The van der Waals surface area contributed by atoms with Crippen LogP contribution in [0.5, 0.6) is 0 Å². The van der Waals surface area contributed by atoms with Gasteiger partial charge >= 0.3 is 0 Å². The fourth-order valence-corrected chi connectivity index (χ4v) is 5.62. The zero-order chi connectivity index (χ0) is 23.4. The number of carbonyl (C=O) groups excluding carboxylic acids is 1. The van der Waals surface area contributed by atoms with Gasteiger partial charge in [-0.1, -0.05) is 29.5 Å². The standard InChI is InChI=1S/C26H24N4O3S/c1-16-11-20-22(12-17(16)2)30-25(32)23(34-26(30)27-20)13-18-14-29(21-6-4-3-5-19(18)21)15-24(31)28-7-9-33-10-8-28/h3-6,11-14H,7-10,15H2,1-2H3. The van der Waals surface area contributed by atoms with Crippen LogP contribution < -0.4 is 10.1 Å². The van der Waals surface area contributed by atoms with Crippen LogP contribution in [0.4, 0.5) is 0 Å². The molecule has 0 saturated carbocycles. The molecule has 1 aliphatic rings. The highest BCUT2D eigenvalue weighted by atomic mass is 32.1. The van der Waals surface area contributed by atoms with Gasteiger partial charge in [-0.3, -0.25) is 9.59 Å². The maximum atomic E-state index is 13.4. The molecule has 5 aromatic rings. The summed E-state index contributed by atoms with van der Waals surface area (Å²) in [7, 11) is 0. The topological polar surface area (TPSA) is 68.8 Å². The lowest BCUT2D eigenvalue weighted by Gasteiger charge is -2.27. The molecule has 0 atom stereocenters. The first-order valence-corrected chi connectivity index (χ1v) is 12.2. The van der Waals surface area contributed by atoms with Gasteiger partial charge in [0.2, 0.25) is 5.91 Å². The SMILES string of the molecule is Cc1cc2nc3sc(=Cc4cn(CC(=O)N5CCOCC5)c5ccccc45)c(=O)n3c2cc1C. The maximum Gasteiger partial charge on any atom is 0.274 e. The second kappa shape index (κ2) is 8.07. The minimum atomic E-state index is -0.0630. The summed E-state index contributed by atoms with van der Waals surface area (Å²) in [5.41, 5.74) is 5.82. The average molecular weight is 473 g/mol. The third kappa shape index (κ3) is 3.41. The Morgan fingerprint density at radius 2 is 1.88 bits per heavy atom. The molecule has 1 amide bonds. The second-order valence-corrected chi connectivity index (χ2v) is 9.80. The lowest BCUT2D eigenvalue weighted by molar-refractivity contribution is -0.135. The predicted molar refractivity (Wildman–Crippen MR) is 134 cm³/mol. The normalized spacial score (nSPS) is 15.2. The maximum absolute atomic E-state index is 13.4. The fraction of sp³-hybridized carbons (Fsp3) is 0.269. The number of hydrogen-bond acceptors (Lipinski definition) is 5. The molecule has 3 aromatic heterocycles. The number of carbonyl (C=O) groups is 1. The highest BCUT2D eigenvalue weighted by Gasteiger charge is 2.19. The average Bonchev–Trinajstić information content (AvgIpc) is 3.46. The summed E-state index contributed by atoms with van der Waals surface area (Å²) in [5.74, 6) is 0.0758. The third-order valence-corrected chi connectivity index (χ3v) is 7.60. The summed E-state index contributed by atoms with van der Waals surface area (Å²) in [6.45, 7) is 6.77. The van der Waals surface area contributed by atoms with Crippen molar-refractivity contribution < 1.29 is 9.53 Å². The number of benzene rings is 2. The summed E-state index contributed by atoms with van der Waals surface area (Å²) in [6, 6.07) is 12.1. The van der Waals surface area contributed by atoms with Gasteiger partial charge < -0.3 is 14.2 Å². The van der Waals surface area contributed by atoms with E-state index in [4.69, 9.17) is 9.72 Å². The van der Waals surface area contributed by atoms with E-state index in [9.17, 15) is 9.59 Å². The molecule has 7 nitrogen and oxygen atoms in total. The Morgan fingerprint density at radius 1 is 1.12 bits per heavy atom. The van der Waals surface area contributed by atoms with Crippen LogP contribution in [0, 0.1) is 13.8 Å². The van der Waals surface area contributed by atoms with Crippen LogP contribution in [-0.2, 0) is 16.1 Å². The Morgan fingerprint density at radius 3 is 2.71 bits per heavy atom. The van der Waals surface area contributed by atoms with Gasteiger partial charge in [0.25, 0.3) is 5.56 Å². The van der Waals surface area contributed by atoms with Gasteiger partial charge in [-0.05, 0) is 49.2 Å². The Labute approximate surface area is 199 Å². The van der Waals surface area contributed by atoms with E-state index in [1.807, 2.05) is 65.1 Å². The molecule has 1 aliphatic heterocycles. The van der Waals surface area contributed by atoms with E-state index in [2.05, 4.69) is 6.92 Å². The van der Waals surface area contributed by atoms with Gasteiger partial charge in [-0.2, -0.15) is 0 Å². The number of aryl methyl sites for hydroxylation is 2. The molecule has 34 heavy (non-hydrogen) atoms. The summed E-state index contributed by atoms with van der Waals surface area (Å²) in [5, 5.41) is 1.01. The van der Waals surface area contributed by atoms with E-state index < -0.39 is 0 Å². The Bertz CT molecular complexity index is 1690. The summed E-state index contributed by atoms with van der Waals surface area (Å²) >= 11 is 1.40. The van der Waals surface area contributed by atoms with Crippen LogP contribution in [0.1, 0.15) is 16.7 Å². The molecule has 0 unspecified atom stereocenters. The molecule has 6 rings (SSSR count). The number of rotatable bonds is 3. The van der Waals surface area contributed by atoms with Crippen LogP contribution in [0.2, 0.25) is 0 Å². The summed E-state index contributed by atoms with van der Waals surface area (Å²) < 4.78 is 9.68. The van der Waals surface area contributed by atoms with Crippen LogP contribution in [0.3, 0.4) is 0 Å². The number of fused-ring (bicyclic) bond motifs is 4. The molecule has 0 spiro atoms. The number of morpholine rings is 1. The first kappa shape index (κ1) is 21.1. The number of aromatic nitrogens is 3. The number of nitrogens with zero attached hydrogens (tertiary/aromatic N) is 4. The first-order chi connectivity index (χ1) is 16.5. The first-order valence-electron chi connectivity index (χ1n) is 11.4. The van der Waals surface area contributed by atoms with Gasteiger partial charge in [0.05, 0.1) is 28.8 Å². The lowest BCUT2D eigenvalue weighted by Crippen LogP contribution is -2.42. The van der Waals surface area contributed by atoms with Crippen molar-refractivity contribution in [3.8, 4) is 0 Å². The van der Waals surface area contributed by atoms with E-state index in [0.29, 0.717) is 35.8 Å². The predicted octanol–water partition coefficient (Wildman–Crippen LogP) is 2.89. The summed E-state index contributed by atoms with van der Waals surface area (Å²) in [6.07, 6.45) is 3.89. The number of amides is 1. The molecule has 172 valence electrons. The highest BCUT2D eigenvalue weighted by Crippen LogP contribution is 2.24. The number of para-hydroxylation sites is 1. The van der Waals surface area contributed by atoms with E-state index >= 15 is 0 Å². The van der Waals surface area contributed by atoms with Crippen molar-refractivity contribution in [2.75, 3.05) is 26.3 Å². The summed E-state index contributed by atoms with van der Waals surface area (Å²) in [4.78, 5) is 33.5. The van der Waals surface area contributed by atoms with Gasteiger partial charge in [-0.15, -0.1) is 0 Å². The molecular formula is C26H24N4O3S. The zero-order valence-corrected chi connectivity index (χ0v) is 19.9. The number of ether oxygens (including phenoxy) is 1. The largest absolute Gasteiger partial charge is 0.378 e. The van der Waals surface area contributed by atoms with Crippen molar-refractivity contribution in [3.63, 3.8) is 0 Å². The highest BCUT2D eigenvalue weighted by molar-refractivity contribution is 7.15. The van der Waals surface area contributed by atoms with Gasteiger partial charge in [-0.25, -0.2) is 9.38 Å². The lowest BCUT2D eigenvalue weighted by atomic mass is 10.1. The minimum Gasteiger partial charge on any atom is -0.378 e. The molecular weight excluding hydrogens is 448 g/mol. The van der Waals surface area contributed by atoms with E-state index in [1.165, 1.54) is 11.3 Å². The molecule has 1 fully saturated rings. The molecule has 0 radical (unpaired) electrons.